The van der Waals surface area contributed by atoms with E-state index < -0.39 is 11.7 Å². The zero-order valence-electron chi connectivity index (χ0n) is 17.5. The molecule has 2 aliphatic rings. The Hall–Kier alpha value is -3.69. The maximum atomic E-state index is 12.8. The Bertz CT molecular complexity index is 1070. The molecule has 0 spiro atoms. The van der Waals surface area contributed by atoms with Crippen LogP contribution in [0.3, 0.4) is 0 Å². The average Bonchev–Trinajstić information content (AvgIpc) is 3.15. The van der Waals surface area contributed by atoms with Gasteiger partial charge in [-0.1, -0.05) is 0 Å². The number of anilines is 1. The zero-order chi connectivity index (χ0) is 23.8. The van der Waals surface area contributed by atoms with Gasteiger partial charge in [0.2, 0.25) is 11.8 Å². The molecule has 0 aliphatic carbocycles. The van der Waals surface area contributed by atoms with Crippen LogP contribution in [0.4, 0.5) is 18.9 Å². The van der Waals surface area contributed by atoms with Gasteiger partial charge in [-0.15, -0.1) is 0 Å². The SMILES string of the molecule is O=C(c1ccc(N2C(=O)CCC2=O)cc1)N1CCN(C(=O)c2ccc(C(F)(F)F)cc2)CC1. The number of hydrogen-bond acceptors (Lipinski definition) is 4. The fraction of sp³-hybridized carbons (Fsp3) is 0.304. The van der Waals surface area contributed by atoms with Crippen LogP contribution in [0.1, 0.15) is 39.1 Å². The largest absolute Gasteiger partial charge is 0.416 e. The molecule has 2 aromatic carbocycles. The summed E-state index contributed by atoms with van der Waals surface area (Å²) in [5, 5.41) is 0. The van der Waals surface area contributed by atoms with Crippen molar-refractivity contribution >= 4 is 29.3 Å². The standard InChI is InChI=1S/C23H20F3N3O4/c24-23(25,26)17-5-1-15(2-6-17)21(32)27-11-13-28(14-12-27)22(33)16-3-7-18(8-4-16)29-19(30)9-10-20(29)31/h1-8H,9-14H2. The lowest BCUT2D eigenvalue weighted by molar-refractivity contribution is -0.137. The van der Waals surface area contributed by atoms with E-state index >= 15 is 0 Å². The Balaban J connectivity index is 1.35. The lowest BCUT2D eigenvalue weighted by atomic mass is 10.1. The van der Waals surface area contributed by atoms with Crippen LogP contribution in [0.15, 0.2) is 48.5 Å². The van der Waals surface area contributed by atoms with E-state index in [9.17, 15) is 32.3 Å². The summed E-state index contributed by atoms with van der Waals surface area (Å²) >= 11 is 0. The van der Waals surface area contributed by atoms with Gasteiger partial charge in [0, 0.05) is 50.1 Å². The molecule has 2 fully saturated rings. The second-order valence-electron chi connectivity index (χ2n) is 7.83. The summed E-state index contributed by atoms with van der Waals surface area (Å²) in [6.07, 6.45) is -4.12. The van der Waals surface area contributed by atoms with Gasteiger partial charge in [-0.25, -0.2) is 0 Å². The second-order valence-corrected chi connectivity index (χ2v) is 7.83. The highest BCUT2D eigenvalue weighted by Gasteiger charge is 2.32. The van der Waals surface area contributed by atoms with Crippen LogP contribution in [-0.2, 0) is 15.8 Å². The highest BCUT2D eigenvalue weighted by molar-refractivity contribution is 6.19. The molecule has 0 atom stereocenters. The molecule has 0 saturated carbocycles. The summed E-state index contributed by atoms with van der Waals surface area (Å²) in [6, 6.07) is 10.3. The molecule has 0 aromatic heterocycles. The molecule has 4 rings (SSSR count). The van der Waals surface area contributed by atoms with Gasteiger partial charge >= 0.3 is 6.18 Å². The number of alkyl halides is 3. The Labute approximate surface area is 187 Å². The van der Waals surface area contributed by atoms with Gasteiger partial charge in [0.25, 0.3) is 11.8 Å². The first-order chi connectivity index (χ1) is 15.6. The number of amides is 4. The number of rotatable bonds is 3. The minimum Gasteiger partial charge on any atom is -0.335 e. The predicted octanol–water partition coefficient (Wildman–Crippen LogP) is 2.96. The third-order valence-electron chi connectivity index (χ3n) is 5.74. The Morgan fingerprint density at radius 2 is 1.06 bits per heavy atom. The van der Waals surface area contributed by atoms with E-state index in [0.29, 0.717) is 11.3 Å². The molecule has 2 aromatic rings. The molecule has 2 saturated heterocycles. The van der Waals surface area contributed by atoms with Crippen molar-refractivity contribution in [2.24, 2.45) is 0 Å². The second kappa shape index (κ2) is 8.68. The third kappa shape index (κ3) is 4.59. The molecule has 2 aliphatic heterocycles. The fourth-order valence-corrected chi connectivity index (χ4v) is 3.90. The molecular formula is C23H20F3N3O4. The minimum atomic E-state index is -4.47. The minimum absolute atomic E-state index is 0.157. The Kier molecular flexibility index (Phi) is 5.92. The molecule has 0 N–H and O–H groups in total. The van der Waals surface area contributed by atoms with E-state index in [1.807, 2.05) is 0 Å². The van der Waals surface area contributed by atoms with Crippen LogP contribution in [-0.4, -0.2) is 59.6 Å². The van der Waals surface area contributed by atoms with Gasteiger partial charge in [0.05, 0.1) is 11.3 Å². The molecule has 172 valence electrons. The van der Waals surface area contributed by atoms with Crippen molar-refractivity contribution in [3.63, 3.8) is 0 Å². The van der Waals surface area contributed by atoms with E-state index in [1.54, 1.807) is 29.2 Å². The van der Waals surface area contributed by atoms with Crippen molar-refractivity contribution in [3.8, 4) is 0 Å². The molecule has 33 heavy (non-hydrogen) atoms. The number of hydrogen-bond donors (Lipinski definition) is 0. The number of benzene rings is 2. The van der Waals surface area contributed by atoms with E-state index in [4.69, 9.17) is 0 Å². The molecule has 0 bridgehead atoms. The first kappa shape index (κ1) is 22.5. The van der Waals surface area contributed by atoms with Crippen molar-refractivity contribution in [3.05, 3.63) is 65.2 Å². The number of piperazine rings is 1. The van der Waals surface area contributed by atoms with Gasteiger partial charge in [-0.3, -0.25) is 24.1 Å². The summed E-state index contributed by atoms with van der Waals surface area (Å²) in [5.74, 6) is -1.18. The molecule has 7 nitrogen and oxygen atoms in total. The molecule has 0 radical (unpaired) electrons. The highest BCUT2D eigenvalue weighted by atomic mass is 19.4. The normalized spacial score (nSPS) is 17.0. The van der Waals surface area contributed by atoms with Crippen LogP contribution in [0.5, 0.6) is 0 Å². The van der Waals surface area contributed by atoms with Crippen LogP contribution >= 0.6 is 0 Å². The topological polar surface area (TPSA) is 78.0 Å². The first-order valence-electron chi connectivity index (χ1n) is 10.4. The monoisotopic (exact) mass is 459 g/mol. The van der Waals surface area contributed by atoms with Crippen LogP contribution in [0.2, 0.25) is 0 Å². The maximum Gasteiger partial charge on any atom is 0.416 e. The van der Waals surface area contributed by atoms with Gasteiger partial charge in [-0.05, 0) is 48.5 Å². The summed E-state index contributed by atoms with van der Waals surface area (Å²) in [6.45, 7) is 1.05. The van der Waals surface area contributed by atoms with E-state index in [0.717, 1.165) is 29.2 Å². The number of nitrogens with zero attached hydrogens (tertiary/aromatic N) is 3. The van der Waals surface area contributed by atoms with Gasteiger partial charge in [0.1, 0.15) is 0 Å². The smallest absolute Gasteiger partial charge is 0.335 e. The molecule has 0 unspecified atom stereocenters. The van der Waals surface area contributed by atoms with Crippen LogP contribution in [0, 0.1) is 0 Å². The third-order valence-corrected chi connectivity index (χ3v) is 5.74. The Morgan fingerprint density at radius 3 is 1.45 bits per heavy atom. The predicted molar refractivity (Wildman–Crippen MR) is 111 cm³/mol. The van der Waals surface area contributed by atoms with E-state index in [2.05, 4.69) is 0 Å². The van der Waals surface area contributed by atoms with E-state index in [-0.39, 0.29) is 68.2 Å². The number of imide groups is 1. The van der Waals surface area contributed by atoms with E-state index in [1.165, 1.54) is 4.90 Å². The average molecular weight is 459 g/mol. The number of carbonyl (C=O) groups is 4. The zero-order valence-corrected chi connectivity index (χ0v) is 17.5. The van der Waals surface area contributed by atoms with Gasteiger partial charge in [-0.2, -0.15) is 13.2 Å². The molecule has 4 amide bonds. The van der Waals surface area contributed by atoms with Crippen LogP contribution < -0.4 is 4.90 Å². The van der Waals surface area contributed by atoms with Crippen molar-refractivity contribution in [2.45, 2.75) is 19.0 Å². The van der Waals surface area contributed by atoms with Crippen molar-refractivity contribution < 1.29 is 32.3 Å². The summed E-state index contributed by atoms with van der Waals surface area (Å²) in [4.78, 5) is 53.3. The lowest BCUT2D eigenvalue weighted by Gasteiger charge is -2.35. The summed E-state index contributed by atoms with van der Waals surface area (Å²) in [5.41, 5.74) is 0.148. The fourth-order valence-electron chi connectivity index (χ4n) is 3.90. The van der Waals surface area contributed by atoms with Crippen molar-refractivity contribution in [2.75, 3.05) is 31.1 Å². The van der Waals surface area contributed by atoms with Gasteiger partial charge in [0.15, 0.2) is 0 Å². The van der Waals surface area contributed by atoms with Crippen molar-refractivity contribution in [1.29, 1.82) is 0 Å². The Morgan fingerprint density at radius 1 is 0.667 bits per heavy atom. The van der Waals surface area contributed by atoms with Crippen LogP contribution in [0.25, 0.3) is 0 Å². The maximum absolute atomic E-state index is 12.8. The molecule has 10 heteroatoms. The van der Waals surface area contributed by atoms with Crippen molar-refractivity contribution in [1.82, 2.24) is 9.80 Å². The van der Waals surface area contributed by atoms with Gasteiger partial charge < -0.3 is 9.80 Å². The highest BCUT2D eigenvalue weighted by Crippen LogP contribution is 2.29. The quantitative estimate of drug-likeness (QED) is 0.662. The number of carbonyl (C=O) groups excluding carboxylic acids is 4. The molecule has 2 heterocycles. The molecular weight excluding hydrogens is 439 g/mol. The first-order valence-corrected chi connectivity index (χ1v) is 10.4. The summed E-state index contributed by atoms with van der Waals surface area (Å²) < 4.78 is 38.1. The summed E-state index contributed by atoms with van der Waals surface area (Å²) in [7, 11) is 0. The number of halogens is 3. The lowest BCUT2D eigenvalue weighted by Crippen LogP contribution is -2.50.